The van der Waals surface area contributed by atoms with Gasteiger partial charge in [0.05, 0.1) is 17.3 Å². The van der Waals surface area contributed by atoms with Gasteiger partial charge < -0.3 is 10.1 Å². The lowest BCUT2D eigenvalue weighted by molar-refractivity contribution is 0.415. The second-order valence-electron chi connectivity index (χ2n) is 3.71. The second-order valence-corrected chi connectivity index (χ2v) is 4.63. The molecule has 0 saturated heterocycles. The Bertz CT molecular complexity index is 686. The van der Waals surface area contributed by atoms with Gasteiger partial charge in [0.1, 0.15) is 12.1 Å². The molecule has 0 atom stereocenters. The first-order chi connectivity index (χ1) is 8.86. The standard InChI is InChI=1S/C13H11N3OS.ClH/c1-17-10-4-2-3-9(7-10)16-13-12-11(5-6-18-12)14-8-15-13;/h2-8H,1H3,(H,14,15,16);1H. The fraction of sp³-hybridized carbons (Fsp3) is 0.0769. The molecule has 4 nitrogen and oxygen atoms in total. The number of rotatable bonds is 3. The minimum Gasteiger partial charge on any atom is -0.497 e. The molecule has 0 aliphatic carbocycles. The summed E-state index contributed by atoms with van der Waals surface area (Å²) in [4.78, 5) is 8.49. The van der Waals surface area contributed by atoms with Crippen molar-refractivity contribution >= 4 is 45.5 Å². The highest BCUT2D eigenvalue weighted by molar-refractivity contribution is 7.17. The van der Waals surface area contributed by atoms with Gasteiger partial charge in [0.15, 0.2) is 5.82 Å². The van der Waals surface area contributed by atoms with E-state index in [0.29, 0.717) is 0 Å². The van der Waals surface area contributed by atoms with E-state index < -0.39 is 0 Å². The third-order valence-electron chi connectivity index (χ3n) is 2.58. The molecule has 6 heteroatoms. The van der Waals surface area contributed by atoms with Crippen LogP contribution in [-0.2, 0) is 0 Å². The van der Waals surface area contributed by atoms with Crippen LogP contribution in [0.3, 0.4) is 0 Å². The van der Waals surface area contributed by atoms with Gasteiger partial charge in [-0.3, -0.25) is 0 Å². The Labute approximate surface area is 120 Å². The van der Waals surface area contributed by atoms with Crippen LogP contribution in [0.5, 0.6) is 5.75 Å². The number of hydrogen-bond acceptors (Lipinski definition) is 5. The average molecular weight is 294 g/mol. The highest BCUT2D eigenvalue weighted by atomic mass is 35.5. The number of nitrogens with zero attached hydrogens (tertiary/aromatic N) is 2. The van der Waals surface area contributed by atoms with Crippen LogP contribution in [0.15, 0.2) is 42.0 Å². The Hall–Kier alpha value is -1.85. The van der Waals surface area contributed by atoms with Crippen molar-refractivity contribution in [2.45, 2.75) is 0 Å². The van der Waals surface area contributed by atoms with Crippen LogP contribution in [0.2, 0.25) is 0 Å². The van der Waals surface area contributed by atoms with Crippen LogP contribution in [-0.4, -0.2) is 17.1 Å². The maximum Gasteiger partial charge on any atom is 0.151 e. The topological polar surface area (TPSA) is 47.0 Å². The van der Waals surface area contributed by atoms with E-state index in [1.54, 1.807) is 24.8 Å². The molecular formula is C13H12ClN3OS. The van der Waals surface area contributed by atoms with Crippen molar-refractivity contribution in [3.05, 3.63) is 42.0 Å². The summed E-state index contributed by atoms with van der Waals surface area (Å²) < 4.78 is 6.25. The quantitative estimate of drug-likeness (QED) is 0.796. The fourth-order valence-electron chi connectivity index (χ4n) is 1.72. The molecule has 0 amide bonds. The van der Waals surface area contributed by atoms with Crippen LogP contribution in [0, 0.1) is 0 Å². The molecule has 0 fully saturated rings. The van der Waals surface area contributed by atoms with Crippen molar-refractivity contribution in [2.75, 3.05) is 12.4 Å². The fourth-order valence-corrected chi connectivity index (χ4v) is 2.51. The number of anilines is 2. The molecule has 1 N–H and O–H groups in total. The van der Waals surface area contributed by atoms with Gasteiger partial charge in [-0.15, -0.1) is 23.7 Å². The number of nitrogens with one attached hydrogen (secondary N) is 1. The molecule has 98 valence electrons. The van der Waals surface area contributed by atoms with E-state index in [9.17, 15) is 0 Å². The van der Waals surface area contributed by atoms with E-state index >= 15 is 0 Å². The Morgan fingerprint density at radius 3 is 2.95 bits per heavy atom. The summed E-state index contributed by atoms with van der Waals surface area (Å²) in [7, 11) is 1.65. The maximum absolute atomic E-state index is 5.19. The van der Waals surface area contributed by atoms with Crippen LogP contribution in [0.1, 0.15) is 0 Å². The average Bonchev–Trinajstić information content (AvgIpc) is 2.88. The highest BCUT2D eigenvalue weighted by Crippen LogP contribution is 2.28. The Balaban J connectivity index is 0.00000133. The van der Waals surface area contributed by atoms with Gasteiger partial charge in [0.25, 0.3) is 0 Å². The first kappa shape index (κ1) is 13.6. The van der Waals surface area contributed by atoms with Crippen molar-refractivity contribution in [1.29, 1.82) is 0 Å². The maximum atomic E-state index is 5.19. The Morgan fingerprint density at radius 1 is 1.21 bits per heavy atom. The minimum atomic E-state index is 0. The smallest absolute Gasteiger partial charge is 0.151 e. The van der Waals surface area contributed by atoms with E-state index in [1.807, 2.05) is 35.7 Å². The van der Waals surface area contributed by atoms with E-state index in [1.165, 1.54) is 0 Å². The van der Waals surface area contributed by atoms with E-state index in [2.05, 4.69) is 15.3 Å². The van der Waals surface area contributed by atoms with Crippen molar-refractivity contribution in [3.63, 3.8) is 0 Å². The molecular weight excluding hydrogens is 282 g/mol. The molecule has 0 saturated carbocycles. The normalized spacial score (nSPS) is 9.95. The second kappa shape index (κ2) is 5.86. The van der Waals surface area contributed by atoms with Crippen LogP contribution in [0.25, 0.3) is 10.2 Å². The van der Waals surface area contributed by atoms with Gasteiger partial charge >= 0.3 is 0 Å². The molecule has 3 rings (SSSR count). The predicted octanol–water partition coefficient (Wildman–Crippen LogP) is 3.87. The number of methoxy groups -OCH3 is 1. The zero-order valence-corrected chi connectivity index (χ0v) is 11.8. The van der Waals surface area contributed by atoms with Crippen LogP contribution in [0.4, 0.5) is 11.5 Å². The van der Waals surface area contributed by atoms with Gasteiger partial charge in [0.2, 0.25) is 0 Å². The molecule has 19 heavy (non-hydrogen) atoms. The van der Waals surface area contributed by atoms with Crippen LogP contribution >= 0.6 is 23.7 Å². The molecule has 2 heterocycles. The van der Waals surface area contributed by atoms with Crippen molar-refractivity contribution in [2.24, 2.45) is 0 Å². The molecule has 0 unspecified atom stereocenters. The molecule has 0 bridgehead atoms. The third kappa shape index (κ3) is 2.77. The summed E-state index contributed by atoms with van der Waals surface area (Å²) >= 11 is 1.62. The number of fused-ring (bicyclic) bond motifs is 1. The molecule has 3 aromatic rings. The third-order valence-corrected chi connectivity index (χ3v) is 3.49. The summed E-state index contributed by atoms with van der Waals surface area (Å²) in [6.45, 7) is 0. The van der Waals surface area contributed by atoms with E-state index in [4.69, 9.17) is 4.74 Å². The summed E-state index contributed by atoms with van der Waals surface area (Å²) in [5.74, 6) is 1.64. The summed E-state index contributed by atoms with van der Waals surface area (Å²) in [6.07, 6.45) is 1.57. The summed E-state index contributed by atoms with van der Waals surface area (Å²) in [5, 5.41) is 5.30. The lowest BCUT2D eigenvalue weighted by Crippen LogP contribution is -1.94. The zero-order valence-electron chi connectivity index (χ0n) is 10.2. The lowest BCUT2D eigenvalue weighted by Gasteiger charge is -2.07. The van der Waals surface area contributed by atoms with Crippen molar-refractivity contribution in [3.8, 4) is 5.75 Å². The van der Waals surface area contributed by atoms with E-state index in [0.717, 1.165) is 27.5 Å². The number of benzene rings is 1. The molecule has 0 aliphatic heterocycles. The largest absolute Gasteiger partial charge is 0.497 e. The number of ether oxygens (including phenoxy) is 1. The van der Waals surface area contributed by atoms with Gasteiger partial charge in [0, 0.05) is 11.8 Å². The highest BCUT2D eigenvalue weighted by Gasteiger charge is 2.05. The summed E-state index contributed by atoms with van der Waals surface area (Å²) in [5.41, 5.74) is 1.91. The number of aromatic nitrogens is 2. The first-order valence-electron chi connectivity index (χ1n) is 5.46. The van der Waals surface area contributed by atoms with Gasteiger partial charge in [-0.1, -0.05) is 6.07 Å². The number of hydrogen-bond donors (Lipinski definition) is 1. The Morgan fingerprint density at radius 2 is 2.11 bits per heavy atom. The number of halogens is 1. The molecule has 1 aromatic carbocycles. The van der Waals surface area contributed by atoms with E-state index in [-0.39, 0.29) is 12.4 Å². The van der Waals surface area contributed by atoms with Crippen molar-refractivity contribution in [1.82, 2.24) is 9.97 Å². The Kier molecular flexibility index (Phi) is 4.19. The zero-order chi connectivity index (χ0) is 12.4. The predicted molar refractivity (Wildman–Crippen MR) is 80.9 cm³/mol. The van der Waals surface area contributed by atoms with Gasteiger partial charge in [-0.2, -0.15) is 0 Å². The molecule has 0 spiro atoms. The molecule has 0 aliphatic rings. The van der Waals surface area contributed by atoms with Crippen LogP contribution < -0.4 is 10.1 Å². The van der Waals surface area contributed by atoms with Crippen molar-refractivity contribution < 1.29 is 4.74 Å². The number of thiophene rings is 1. The SMILES string of the molecule is COc1cccc(Nc2ncnc3ccsc23)c1.Cl. The minimum absolute atomic E-state index is 0. The molecule has 2 aromatic heterocycles. The monoisotopic (exact) mass is 293 g/mol. The molecule has 0 radical (unpaired) electrons. The first-order valence-corrected chi connectivity index (χ1v) is 6.34. The summed E-state index contributed by atoms with van der Waals surface area (Å²) in [6, 6.07) is 9.74. The van der Waals surface area contributed by atoms with Gasteiger partial charge in [-0.05, 0) is 23.6 Å². The van der Waals surface area contributed by atoms with Gasteiger partial charge in [-0.25, -0.2) is 9.97 Å². The lowest BCUT2D eigenvalue weighted by atomic mass is 10.3.